The normalized spacial score (nSPS) is 12.4. The van der Waals surface area contributed by atoms with Crippen molar-refractivity contribution >= 4 is 15.9 Å². The molecule has 4 heteroatoms. The first kappa shape index (κ1) is 12.2. The van der Waals surface area contributed by atoms with E-state index in [1.807, 2.05) is 18.2 Å². The van der Waals surface area contributed by atoms with Crippen LogP contribution in [-0.4, -0.2) is 4.98 Å². The first-order chi connectivity index (χ1) is 8.16. The molecule has 0 amide bonds. The van der Waals surface area contributed by atoms with Gasteiger partial charge in [-0.05, 0) is 18.2 Å². The third kappa shape index (κ3) is 3.09. The standard InChI is InChI=1S/C13H10BrF2N/c14-12(8-10-3-1-2-6-17-10)11-5-4-9(15)7-13(11)16/h1-7,12H,8H2. The molecule has 0 aliphatic carbocycles. The maximum absolute atomic E-state index is 13.5. The molecule has 17 heavy (non-hydrogen) atoms. The van der Waals surface area contributed by atoms with Crippen molar-refractivity contribution in [1.82, 2.24) is 4.98 Å². The van der Waals surface area contributed by atoms with Gasteiger partial charge >= 0.3 is 0 Å². The number of aromatic nitrogens is 1. The van der Waals surface area contributed by atoms with Gasteiger partial charge in [-0.25, -0.2) is 8.78 Å². The van der Waals surface area contributed by atoms with Crippen molar-refractivity contribution in [1.29, 1.82) is 0 Å². The second-order valence-corrected chi connectivity index (χ2v) is 4.76. The van der Waals surface area contributed by atoms with E-state index in [0.29, 0.717) is 12.0 Å². The maximum Gasteiger partial charge on any atom is 0.130 e. The number of nitrogens with zero attached hydrogens (tertiary/aromatic N) is 1. The number of hydrogen-bond donors (Lipinski definition) is 0. The zero-order valence-corrected chi connectivity index (χ0v) is 10.5. The molecule has 0 fully saturated rings. The lowest BCUT2D eigenvalue weighted by molar-refractivity contribution is 0.571. The molecule has 0 aliphatic rings. The predicted molar refractivity (Wildman–Crippen MR) is 66.0 cm³/mol. The Labute approximate surface area is 107 Å². The highest BCUT2D eigenvalue weighted by molar-refractivity contribution is 9.09. The lowest BCUT2D eigenvalue weighted by Gasteiger charge is -2.10. The number of rotatable bonds is 3. The summed E-state index contributed by atoms with van der Waals surface area (Å²) in [4.78, 5) is 3.95. The van der Waals surface area contributed by atoms with Crippen LogP contribution in [0.5, 0.6) is 0 Å². The molecule has 0 saturated heterocycles. The molecule has 1 aromatic heterocycles. The molecule has 1 heterocycles. The van der Waals surface area contributed by atoms with Crippen LogP contribution in [0, 0.1) is 11.6 Å². The maximum atomic E-state index is 13.5. The van der Waals surface area contributed by atoms with Crippen molar-refractivity contribution in [3.05, 3.63) is 65.5 Å². The van der Waals surface area contributed by atoms with Crippen molar-refractivity contribution in [2.45, 2.75) is 11.2 Å². The van der Waals surface area contributed by atoms with E-state index < -0.39 is 11.6 Å². The largest absolute Gasteiger partial charge is 0.261 e. The monoisotopic (exact) mass is 297 g/mol. The van der Waals surface area contributed by atoms with Crippen LogP contribution in [0.1, 0.15) is 16.1 Å². The molecular weight excluding hydrogens is 288 g/mol. The number of hydrogen-bond acceptors (Lipinski definition) is 1. The Hall–Kier alpha value is -1.29. The lowest BCUT2D eigenvalue weighted by Crippen LogP contribution is -2.00. The van der Waals surface area contributed by atoms with E-state index in [4.69, 9.17) is 0 Å². The molecule has 0 bridgehead atoms. The van der Waals surface area contributed by atoms with E-state index in [1.165, 1.54) is 12.1 Å². The van der Waals surface area contributed by atoms with Crippen LogP contribution in [0.3, 0.4) is 0 Å². The molecule has 0 saturated carbocycles. The Morgan fingerprint density at radius 3 is 2.65 bits per heavy atom. The third-order valence-electron chi connectivity index (χ3n) is 2.41. The Morgan fingerprint density at radius 2 is 2.00 bits per heavy atom. The van der Waals surface area contributed by atoms with Gasteiger partial charge in [0.2, 0.25) is 0 Å². The molecule has 88 valence electrons. The second-order valence-electron chi connectivity index (χ2n) is 3.66. The molecule has 0 radical (unpaired) electrons. The Kier molecular flexibility index (Phi) is 3.84. The first-order valence-electron chi connectivity index (χ1n) is 5.16. The summed E-state index contributed by atoms with van der Waals surface area (Å²) in [5.74, 6) is -1.11. The Morgan fingerprint density at radius 1 is 1.18 bits per heavy atom. The van der Waals surface area contributed by atoms with E-state index in [0.717, 1.165) is 11.8 Å². The van der Waals surface area contributed by atoms with Gasteiger partial charge < -0.3 is 0 Å². The van der Waals surface area contributed by atoms with Gasteiger partial charge in [0.05, 0.1) is 0 Å². The summed E-state index contributed by atoms with van der Waals surface area (Å²) in [5, 5.41) is 0. The lowest BCUT2D eigenvalue weighted by atomic mass is 10.1. The van der Waals surface area contributed by atoms with E-state index in [9.17, 15) is 8.78 Å². The summed E-state index contributed by atoms with van der Waals surface area (Å²) >= 11 is 3.40. The Bertz CT molecular complexity index is 502. The second kappa shape index (κ2) is 5.36. The minimum absolute atomic E-state index is 0.210. The molecular formula is C13H10BrF2N. The summed E-state index contributed by atoms with van der Waals surface area (Å²) in [6.45, 7) is 0. The van der Waals surface area contributed by atoms with Gasteiger partial charge in [0.15, 0.2) is 0 Å². The molecule has 1 nitrogen and oxygen atoms in total. The molecule has 1 aromatic carbocycles. The van der Waals surface area contributed by atoms with Crippen molar-refractivity contribution < 1.29 is 8.78 Å². The van der Waals surface area contributed by atoms with Gasteiger partial charge in [-0.3, -0.25) is 4.98 Å². The van der Waals surface area contributed by atoms with Crippen LogP contribution in [-0.2, 0) is 6.42 Å². The highest BCUT2D eigenvalue weighted by atomic mass is 79.9. The first-order valence-corrected chi connectivity index (χ1v) is 6.07. The molecule has 0 aliphatic heterocycles. The smallest absolute Gasteiger partial charge is 0.130 e. The van der Waals surface area contributed by atoms with Gasteiger partial charge in [-0.1, -0.05) is 28.1 Å². The topological polar surface area (TPSA) is 12.9 Å². The fraction of sp³-hybridized carbons (Fsp3) is 0.154. The summed E-state index contributed by atoms with van der Waals surface area (Å²) in [7, 11) is 0. The molecule has 2 aromatic rings. The highest BCUT2D eigenvalue weighted by Crippen LogP contribution is 2.28. The zero-order valence-electron chi connectivity index (χ0n) is 8.91. The number of pyridine rings is 1. The zero-order chi connectivity index (χ0) is 12.3. The van der Waals surface area contributed by atoms with E-state index in [-0.39, 0.29) is 4.83 Å². The van der Waals surface area contributed by atoms with Crippen molar-refractivity contribution in [2.24, 2.45) is 0 Å². The third-order valence-corrected chi connectivity index (χ3v) is 3.23. The molecule has 0 N–H and O–H groups in total. The van der Waals surface area contributed by atoms with Crippen molar-refractivity contribution in [3.63, 3.8) is 0 Å². The van der Waals surface area contributed by atoms with E-state index in [2.05, 4.69) is 20.9 Å². The van der Waals surface area contributed by atoms with Gasteiger partial charge in [0.25, 0.3) is 0 Å². The van der Waals surface area contributed by atoms with Gasteiger partial charge in [0.1, 0.15) is 11.6 Å². The molecule has 1 unspecified atom stereocenters. The average Bonchev–Trinajstić information content (AvgIpc) is 2.30. The SMILES string of the molecule is Fc1ccc(C(Br)Cc2ccccn2)c(F)c1. The van der Waals surface area contributed by atoms with E-state index >= 15 is 0 Å². The van der Waals surface area contributed by atoms with Crippen LogP contribution in [0.2, 0.25) is 0 Å². The van der Waals surface area contributed by atoms with Crippen LogP contribution < -0.4 is 0 Å². The fourth-order valence-corrected chi connectivity index (χ4v) is 2.27. The van der Waals surface area contributed by atoms with Crippen LogP contribution in [0.4, 0.5) is 8.78 Å². The quantitative estimate of drug-likeness (QED) is 0.779. The van der Waals surface area contributed by atoms with E-state index in [1.54, 1.807) is 6.20 Å². The van der Waals surface area contributed by atoms with Gasteiger partial charge in [-0.15, -0.1) is 0 Å². The van der Waals surface area contributed by atoms with Crippen LogP contribution >= 0.6 is 15.9 Å². The summed E-state index contributed by atoms with van der Waals surface area (Å²) in [6, 6.07) is 9.17. The predicted octanol–water partition coefficient (Wildman–Crippen LogP) is 4.04. The number of halogens is 3. The number of benzene rings is 1. The average molecular weight is 298 g/mol. The summed E-state index contributed by atoms with van der Waals surface area (Å²) < 4.78 is 26.3. The summed E-state index contributed by atoms with van der Waals surface area (Å²) in [5.41, 5.74) is 1.30. The molecule has 1 atom stereocenters. The van der Waals surface area contributed by atoms with Crippen molar-refractivity contribution in [2.75, 3.05) is 0 Å². The highest BCUT2D eigenvalue weighted by Gasteiger charge is 2.14. The van der Waals surface area contributed by atoms with Crippen LogP contribution in [0.15, 0.2) is 42.6 Å². The minimum atomic E-state index is -0.566. The van der Waals surface area contributed by atoms with Crippen molar-refractivity contribution in [3.8, 4) is 0 Å². The molecule has 0 spiro atoms. The van der Waals surface area contributed by atoms with Crippen LogP contribution in [0.25, 0.3) is 0 Å². The van der Waals surface area contributed by atoms with Gasteiger partial charge in [-0.2, -0.15) is 0 Å². The number of alkyl halides is 1. The Balaban J connectivity index is 2.17. The minimum Gasteiger partial charge on any atom is -0.261 e. The van der Waals surface area contributed by atoms with Gasteiger partial charge in [0, 0.05) is 34.8 Å². The fourth-order valence-electron chi connectivity index (χ4n) is 1.57. The molecule has 2 rings (SSSR count). The summed E-state index contributed by atoms with van der Waals surface area (Å²) in [6.07, 6.45) is 2.25.